The summed E-state index contributed by atoms with van der Waals surface area (Å²) in [6.45, 7) is 7.01. The van der Waals surface area contributed by atoms with Crippen molar-refractivity contribution >= 4 is 15.9 Å². The van der Waals surface area contributed by atoms with Gasteiger partial charge in [0.1, 0.15) is 5.75 Å². The van der Waals surface area contributed by atoms with E-state index >= 15 is 0 Å². The molecule has 0 radical (unpaired) electrons. The Morgan fingerprint density at radius 2 is 2.33 bits per heavy atom. The van der Waals surface area contributed by atoms with Gasteiger partial charge in [0.15, 0.2) is 0 Å². The van der Waals surface area contributed by atoms with Crippen molar-refractivity contribution in [3.05, 3.63) is 28.2 Å². The summed E-state index contributed by atoms with van der Waals surface area (Å²) in [7, 11) is 0. The van der Waals surface area contributed by atoms with E-state index in [-0.39, 0.29) is 0 Å². The Kier molecular flexibility index (Phi) is 7.00. The number of hydrogen-bond donors (Lipinski definition) is 1. The molecule has 1 aliphatic heterocycles. The molecule has 2 rings (SSSR count). The highest BCUT2D eigenvalue weighted by molar-refractivity contribution is 9.10. The fourth-order valence-corrected chi connectivity index (χ4v) is 2.97. The molecule has 0 amide bonds. The van der Waals surface area contributed by atoms with Gasteiger partial charge in [-0.05, 0) is 44.9 Å². The van der Waals surface area contributed by atoms with Gasteiger partial charge in [0, 0.05) is 29.1 Å². The van der Waals surface area contributed by atoms with Crippen molar-refractivity contribution in [3.8, 4) is 5.75 Å². The van der Waals surface area contributed by atoms with Crippen molar-refractivity contribution < 1.29 is 9.47 Å². The molecule has 0 saturated carbocycles. The number of ether oxygens (including phenoxy) is 2. The van der Waals surface area contributed by atoms with Gasteiger partial charge in [-0.3, -0.25) is 0 Å². The molecule has 21 heavy (non-hydrogen) atoms. The van der Waals surface area contributed by atoms with Gasteiger partial charge < -0.3 is 14.8 Å². The SMILES string of the molecule is CCCNC(C)c1ccc(Br)cc1OCCC1CCCO1. The van der Waals surface area contributed by atoms with Crippen LogP contribution in [-0.2, 0) is 4.74 Å². The first kappa shape index (κ1) is 16.8. The van der Waals surface area contributed by atoms with E-state index < -0.39 is 0 Å². The van der Waals surface area contributed by atoms with Crippen molar-refractivity contribution in [1.82, 2.24) is 5.32 Å². The average Bonchev–Trinajstić information content (AvgIpc) is 2.98. The summed E-state index contributed by atoms with van der Waals surface area (Å²) in [6.07, 6.45) is 4.85. The van der Waals surface area contributed by atoms with Crippen LogP contribution in [0.4, 0.5) is 0 Å². The molecule has 0 aromatic heterocycles. The standard InChI is InChI=1S/C17H26BrNO2/c1-3-9-19-13(2)16-7-6-14(18)12-17(16)21-11-8-15-5-4-10-20-15/h6-7,12-13,15,19H,3-5,8-11H2,1-2H3. The third kappa shape index (κ3) is 5.28. The van der Waals surface area contributed by atoms with Gasteiger partial charge in [-0.1, -0.05) is 28.9 Å². The van der Waals surface area contributed by atoms with E-state index in [4.69, 9.17) is 9.47 Å². The predicted molar refractivity (Wildman–Crippen MR) is 89.9 cm³/mol. The second kappa shape index (κ2) is 8.76. The van der Waals surface area contributed by atoms with Crippen LogP contribution in [-0.4, -0.2) is 25.9 Å². The zero-order valence-electron chi connectivity index (χ0n) is 13.0. The van der Waals surface area contributed by atoms with E-state index in [0.29, 0.717) is 18.8 Å². The van der Waals surface area contributed by atoms with E-state index in [0.717, 1.165) is 36.2 Å². The molecule has 0 aliphatic carbocycles. The quantitative estimate of drug-likeness (QED) is 0.746. The summed E-state index contributed by atoms with van der Waals surface area (Å²) in [5.74, 6) is 0.971. The lowest BCUT2D eigenvalue weighted by molar-refractivity contribution is 0.0901. The van der Waals surface area contributed by atoms with E-state index in [9.17, 15) is 0 Å². The van der Waals surface area contributed by atoms with Crippen LogP contribution in [0.3, 0.4) is 0 Å². The minimum atomic E-state index is 0.302. The number of halogens is 1. The van der Waals surface area contributed by atoms with E-state index in [2.05, 4.69) is 53.3 Å². The predicted octanol–water partition coefficient (Wildman–Crippen LogP) is 4.46. The normalized spacial score (nSPS) is 19.7. The molecular weight excluding hydrogens is 330 g/mol. The number of hydrogen-bond acceptors (Lipinski definition) is 3. The molecule has 2 atom stereocenters. The van der Waals surface area contributed by atoms with Crippen LogP contribution < -0.4 is 10.1 Å². The Morgan fingerprint density at radius 3 is 3.05 bits per heavy atom. The number of rotatable bonds is 8. The van der Waals surface area contributed by atoms with Crippen LogP contribution >= 0.6 is 15.9 Å². The molecule has 4 heteroatoms. The first-order chi connectivity index (χ1) is 10.2. The smallest absolute Gasteiger partial charge is 0.125 e. The molecule has 1 saturated heterocycles. The van der Waals surface area contributed by atoms with Gasteiger partial charge in [-0.2, -0.15) is 0 Å². The van der Waals surface area contributed by atoms with Crippen molar-refractivity contribution in [1.29, 1.82) is 0 Å². The molecule has 0 spiro atoms. The lowest BCUT2D eigenvalue weighted by Gasteiger charge is -2.19. The lowest BCUT2D eigenvalue weighted by Crippen LogP contribution is -2.20. The molecule has 0 bridgehead atoms. The van der Waals surface area contributed by atoms with Crippen LogP contribution in [0.1, 0.15) is 51.1 Å². The Hall–Kier alpha value is -0.580. The van der Waals surface area contributed by atoms with Crippen molar-refractivity contribution in [3.63, 3.8) is 0 Å². The van der Waals surface area contributed by atoms with Gasteiger partial charge in [0.25, 0.3) is 0 Å². The van der Waals surface area contributed by atoms with Gasteiger partial charge in [0.05, 0.1) is 12.7 Å². The molecule has 1 N–H and O–H groups in total. The Labute approximate surface area is 136 Å². The average molecular weight is 356 g/mol. The zero-order chi connectivity index (χ0) is 15.1. The summed E-state index contributed by atoms with van der Waals surface area (Å²) in [5, 5.41) is 3.52. The maximum absolute atomic E-state index is 6.03. The molecule has 3 nitrogen and oxygen atoms in total. The Bertz CT molecular complexity index is 433. The van der Waals surface area contributed by atoms with Crippen molar-refractivity contribution in [2.24, 2.45) is 0 Å². The number of benzene rings is 1. The molecule has 118 valence electrons. The highest BCUT2D eigenvalue weighted by atomic mass is 79.9. The third-order valence-electron chi connectivity index (χ3n) is 3.86. The molecule has 1 aliphatic rings. The minimum Gasteiger partial charge on any atom is -0.493 e. The van der Waals surface area contributed by atoms with Gasteiger partial charge in [-0.25, -0.2) is 0 Å². The van der Waals surface area contributed by atoms with Gasteiger partial charge in [0.2, 0.25) is 0 Å². The fraction of sp³-hybridized carbons (Fsp3) is 0.647. The largest absolute Gasteiger partial charge is 0.493 e. The summed E-state index contributed by atoms with van der Waals surface area (Å²) < 4.78 is 12.7. The Morgan fingerprint density at radius 1 is 1.48 bits per heavy atom. The summed E-state index contributed by atoms with van der Waals surface area (Å²) in [4.78, 5) is 0. The molecule has 1 heterocycles. The van der Waals surface area contributed by atoms with E-state index in [1.54, 1.807) is 0 Å². The van der Waals surface area contributed by atoms with Crippen LogP contribution in [0, 0.1) is 0 Å². The van der Waals surface area contributed by atoms with E-state index in [1.165, 1.54) is 18.4 Å². The summed E-state index contributed by atoms with van der Waals surface area (Å²) >= 11 is 3.53. The van der Waals surface area contributed by atoms with Crippen LogP contribution in [0.2, 0.25) is 0 Å². The minimum absolute atomic E-state index is 0.302. The highest BCUT2D eigenvalue weighted by Crippen LogP contribution is 2.29. The second-order valence-corrected chi connectivity index (χ2v) is 6.55. The monoisotopic (exact) mass is 355 g/mol. The van der Waals surface area contributed by atoms with Crippen LogP contribution in [0.15, 0.2) is 22.7 Å². The van der Waals surface area contributed by atoms with Crippen LogP contribution in [0.25, 0.3) is 0 Å². The van der Waals surface area contributed by atoms with E-state index in [1.807, 2.05) is 0 Å². The molecule has 2 unspecified atom stereocenters. The molecule has 1 fully saturated rings. The van der Waals surface area contributed by atoms with Crippen molar-refractivity contribution in [2.75, 3.05) is 19.8 Å². The Balaban J connectivity index is 1.93. The van der Waals surface area contributed by atoms with Crippen molar-refractivity contribution in [2.45, 2.75) is 51.7 Å². The first-order valence-electron chi connectivity index (χ1n) is 7.98. The van der Waals surface area contributed by atoms with Gasteiger partial charge in [-0.15, -0.1) is 0 Å². The summed E-state index contributed by atoms with van der Waals surface area (Å²) in [5.41, 5.74) is 1.22. The third-order valence-corrected chi connectivity index (χ3v) is 4.36. The van der Waals surface area contributed by atoms with Gasteiger partial charge >= 0.3 is 0 Å². The maximum Gasteiger partial charge on any atom is 0.125 e. The second-order valence-electron chi connectivity index (χ2n) is 5.63. The summed E-state index contributed by atoms with van der Waals surface area (Å²) in [6, 6.07) is 6.58. The molecule has 1 aromatic carbocycles. The molecule has 1 aromatic rings. The maximum atomic E-state index is 6.03. The number of nitrogens with one attached hydrogen (secondary N) is 1. The lowest BCUT2D eigenvalue weighted by atomic mass is 10.1. The first-order valence-corrected chi connectivity index (χ1v) is 8.77. The topological polar surface area (TPSA) is 30.5 Å². The molecular formula is C17H26BrNO2. The zero-order valence-corrected chi connectivity index (χ0v) is 14.6. The highest BCUT2D eigenvalue weighted by Gasteiger charge is 2.16. The fourth-order valence-electron chi connectivity index (χ4n) is 2.63. The van der Waals surface area contributed by atoms with Crippen LogP contribution in [0.5, 0.6) is 5.75 Å².